The minimum absolute atomic E-state index is 0.0154. The second-order valence-corrected chi connectivity index (χ2v) is 8.29. The molecule has 0 aliphatic carbocycles. The van der Waals surface area contributed by atoms with Crippen molar-refractivity contribution < 1.29 is 22.7 Å². The molecule has 0 fully saturated rings. The highest BCUT2D eigenvalue weighted by molar-refractivity contribution is 7.89. The fourth-order valence-corrected chi connectivity index (χ4v) is 3.59. The zero-order chi connectivity index (χ0) is 21.8. The quantitative estimate of drug-likeness (QED) is 0.306. The van der Waals surface area contributed by atoms with Crippen LogP contribution in [0.3, 0.4) is 0 Å². The molecule has 0 spiro atoms. The minimum Gasteiger partial charge on any atom is -0.466 e. The highest BCUT2D eigenvalue weighted by Gasteiger charge is 2.13. The predicted octanol–water partition coefficient (Wildman–Crippen LogP) is 3.05. The van der Waals surface area contributed by atoms with Gasteiger partial charge < -0.3 is 10.1 Å². The third kappa shape index (κ3) is 8.18. The molecule has 160 valence electrons. The van der Waals surface area contributed by atoms with E-state index in [0.717, 1.165) is 12.8 Å². The Bertz CT molecular complexity index is 941. The van der Waals surface area contributed by atoms with Gasteiger partial charge in [-0.25, -0.2) is 13.1 Å². The van der Waals surface area contributed by atoms with Gasteiger partial charge in [-0.1, -0.05) is 36.4 Å². The van der Waals surface area contributed by atoms with Gasteiger partial charge in [-0.15, -0.1) is 6.58 Å². The number of hydrogen-bond donors (Lipinski definition) is 2. The Balaban J connectivity index is 1.68. The van der Waals surface area contributed by atoms with E-state index in [2.05, 4.69) is 16.6 Å². The Labute approximate surface area is 177 Å². The SMILES string of the molecule is C=CCNS(=O)(=O)c1ccc(NC(=O)CCC(=O)OCCCc2ccccc2)cc1. The van der Waals surface area contributed by atoms with Crippen molar-refractivity contribution in [1.82, 2.24) is 4.72 Å². The highest BCUT2D eigenvalue weighted by Crippen LogP contribution is 2.14. The molecule has 0 radical (unpaired) electrons. The van der Waals surface area contributed by atoms with Crippen molar-refractivity contribution in [1.29, 1.82) is 0 Å². The van der Waals surface area contributed by atoms with E-state index in [0.29, 0.717) is 12.3 Å². The lowest BCUT2D eigenvalue weighted by molar-refractivity contribution is -0.144. The van der Waals surface area contributed by atoms with Crippen LogP contribution in [-0.2, 0) is 30.8 Å². The average Bonchev–Trinajstić information content (AvgIpc) is 2.75. The van der Waals surface area contributed by atoms with Crippen LogP contribution in [0.1, 0.15) is 24.8 Å². The molecule has 2 aromatic rings. The van der Waals surface area contributed by atoms with E-state index in [1.165, 1.54) is 35.9 Å². The van der Waals surface area contributed by atoms with Crippen molar-refractivity contribution in [3.8, 4) is 0 Å². The van der Waals surface area contributed by atoms with Gasteiger partial charge in [-0.2, -0.15) is 0 Å². The van der Waals surface area contributed by atoms with Gasteiger partial charge in [0.25, 0.3) is 0 Å². The second kappa shape index (κ2) is 11.9. The maximum atomic E-state index is 12.0. The fourth-order valence-electron chi connectivity index (χ4n) is 2.59. The Hall–Kier alpha value is -2.97. The van der Waals surface area contributed by atoms with Crippen LogP contribution in [0.2, 0.25) is 0 Å². The van der Waals surface area contributed by atoms with Crippen LogP contribution in [0.5, 0.6) is 0 Å². The molecule has 8 heteroatoms. The number of nitrogens with one attached hydrogen (secondary N) is 2. The standard InChI is InChI=1S/C22H26N2O5S/c1-2-16-23-30(27,28)20-12-10-19(11-13-20)24-21(25)14-15-22(26)29-17-6-9-18-7-4-3-5-8-18/h2-5,7-8,10-13,23H,1,6,9,14-17H2,(H,24,25). The largest absolute Gasteiger partial charge is 0.466 e. The lowest BCUT2D eigenvalue weighted by Crippen LogP contribution is -2.23. The first kappa shape index (κ1) is 23.3. The zero-order valence-corrected chi connectivity index (χ0v) is 17.5. The average molecular weight is 431 g/mol. The number of benzene rings is 2. The van der Waals surface area contributed by atoms with Crippen LogP contribution in [-0.4, -0.2) is 33.4 Å². The van der Waals surface area contributed by atoms with Gasteiger partial charge in [0, 0.05) is 18.7 Å². The Kier molecular flexibility index (Phi) is 9.24. The molecule has 1 amide bonds. The number of hydrogen-bond acceptors (Lipinski definition) is 5. The molecule has 2 rings (SSSR count). The predicted molar refractivity (Wildman–Crippen MR) is 115 cm³/mol. The molecule has 0 aliphatic heterocycles. The van der Waals surface area contributed by atoms with Crippen molar-refractivity contribution in [2.24, 2.45) is 0 Å². The number of sulfonamides is 1. The van der Waals surface area contributed by atoms with Crippen molar-refractivity contribution in [3.05, 3.63) is 72.8 Å². The molecule has 2 N–H and O–H groups in total. The van der Waals surface area contributed by atoms with Crippen molar-refractivity contribution >= 4 is 27.6 Å². The van der Waals surface area contributed by atoms with Crippen LogP contribution in [0.25, 0.3) is 0 Å². The summed E-state index contributed by atoms with van der Waals surface area (Å²) < 4.78 is 31.5. The van der Waals surface area contributed by atoms with Gasteiger partial charge in [0.1, 0.15) is 0 Å². The highest BCUT2D eigenvalue weighted by atomic mass is 32.2. The third-order valence-electron chi connectivity index (χ3n) is 4.14. The normalized spacial score (nSPS) is 10.9. The monoisotopic (exact) mass is 430 g/mol. The Morgan fingerprint density at radius 1 is 1.00 bits per heavy atom. The topological polar surface area (TPSA) is 102 Å². The summed E-state index contributed by atoms with van der Waals surface area (Å²) in [5.41, 5.74) is 1.63. The molecule has 0 atom stereocenters. The first-order valence-electron chi connectivity index (χ1n) is 9.61. The van der Waals surface area contributed by atoms with Crippen LogP contribution in [0.15, 0.2) is 72.1 Å². The molecule has 0 bridgehead atoms. The first-order chi connectivity index (χ1) is 14.4. The molecule has 0 saturated carbocycles. The van der Waals surface area contributed by atoms with Crippen LogP contribution in [0.4, 0.5) is 5.69 Å². The maximum absolute atomic E-state index is 12.0. The number of esters is 1. The Morgan fingerprint density at radius 3 is 2.37 bits per heavy atom. The van der Waals surface area contributed by atoms with Gasteiger partial charge >= 0.3 is 5.97 Å². The molecule has 2 aromatic carbocycles. The van der Waals surface area contributed by atoms with E-state index in [-0.39, 0.29) is 30.2 Å². The fraction of sp³-hybridized carbons (Fsp3) is 0.273. The number of carbonyl (C=O) groups excluding carboxylic acids is 2. The van der Waals surface area contributed by atoms with E-state index in [1.54, 1.807) is 0 Å². The van der Waals surface area contributed by atoms with Crippen molar-refractivity contribution in [2.75, 3.05) is 18.5 Å². The summed E-state index contributed by atoms with van der Waals surface area (Å²) in [7, 11) is -3.61. The van der Waals surface area contributed by atoms with E-state index in [1.807, 2.05) is 30.3 Å². The number of carbonyl (C=O) groups is 2. The van der Waals surface area contributed by atoms with E-state index < -0.39 is 16.0 Å². The molecular formula is C22H26N2O5S. The van der Waals surface area contributed by atoms with Crippen LogP contribution >= 0.6 is 0 Å². The third-order valence-corrected chi connectivity index (χ3v) is 5.58. The number of anilines is 1. The van der Waals surface area contributed by atoms with Crippen LogP contribution in [0, 0.1) is 0 Å². The smallest absolute Gasteiger partial charge is 0.306 e. The van der Waals surface area contributed by atoms with Gasteiger partial charge in [0.05, 0.1) is 17.9 Å². The van der Waals surface area contributed by atoms with Gasteiger partial charge in [0.2, 0.25) is 15.9 Å². The number of ether oxygens (including phenoxy) is 1. The Morgan fingerprint density at radius 2 is 1.70 bits per heavy atom. The molecule has 7 nitrogen and oxygen atoms in total. The second-order valence-electron chi connectivity index (χ2n) is 6.52. The van der Waals surface area contributed by atoms with Gasteiger partial charge in [0.15, 0.2) is 0 Å². The molecular weight excluding hydrogens is 404 g/mol. The molecule has 0 saturated heterocycles. The van der Waals surface area contributed by atoms with E-state index in [4.69, 9.17) is 4.74 Å². The molecule has 0 aliphatic rings. The maximum Gasteiger partial charge on any atom is 0.306 e. The van der Waals surface area contributed by atoms with E-state index >= 15 is 0 Å². The van der Waals surface area contributed by atoms with Gasteiger partial charge in [-0.05, 0) is 42.7 Å². The summed E-state index contributed by atoms with van der Waals surface area (Å²) >= 11 is 0. The lowest BCUT2D eigenvalue weighted by Gasteiger charge is -2.08. The number of aryl methyl sites for hydroxylation is 1. The number of amides is 1. The van der Waals surface area contributed by atoms with Crippen molar-refractivity contribution in [2.45, 2.75) is 30.6 Å². The first-order valence-corrected chi connectivity index (χ1v) is 11.1. The van der Waals surface area contributed by atoms with E-state index in [9.17, 15) is 18.0 Å². The molecule has 0 aromatic heterocycles. The summed E-state index contributed by atoms with van der Waals surface area (Å²) in [4.78, 5) is 23.8. The summed E-state index contributed by atoms with van der Waals surface area (Å²) in [6, 6.07) is 15.7. The van der Waals surface area contributed by atoms with Gasteiger partial charge in [-0.3, -0.25) is 9.59 Å². The van der Waals surface area contributed by atoms with Crippen molar-refractivity contribution in [3.63, 3.8) is 0 Å². The number of rotatable bonds is 12. The summed E-state index contributed by atoms with van der Waals surface area (Å²) in [6.45, 7) is 3.90. The summed E-state index contributed by atoms with van der Waals surface area (Å²) in [5, 5.41) is 2.63. The van der Waals surface area contributed by atoms with Crippen LogP contribution < -0.4 is 10.0 Å². The lowest BCUT2D eigenvalue weighted by atomic mass is 10.1. The molecule has 0 heterocycles. The molecule has 30 heavy (non-hydrogen) atoms. The zero-order valence-electron chi connectivity index (χ0n) is 16.7. The minimum atomic E-state index is -3.61. The molecule has 0 unspecified atom stereocenters. The summed E-state index contributed by atoms with van der Waals surface area (Å²) in [5.74, 6) is -0.774. The summed E-state index contributed by atoms with van der Waals surface area (Å²) in [6.07, 6.45) is 2.95.